The lowest BCUT2D eigenvalue weighted by Gasteiger charge is -2.18. The van der Waals surface area contributed by atoms with E-state index >= 15 is 0 Å². The summed E-state index contributed by atoms with van der Waals surface area (Å²) in [6.07, 6.45) is 1.09. The van der Waals surface area contributed by atoms with Crippen molar-refractivity contribution in [3.63, 3.8) is 0 Å². The van der Waals surface area contributed by atoms with E-state index in [1.165, 1.54) is 11.1 Å². The molecule has 0 aromatic heterocycles. The molecule has 0 bridgehead atoms. The first-order valence-corrected chi connectivity index (χ1v) is 5.12. The van der Waals surface area contributed by atoms with Gasteiger partial charge in [0.15, 0.2) is 0 Å². The van der Waals surface area contributed by atoms with Crippen molar-refractivity contribution in [3.8, 4) is 0 Å². The first-order chi connectivity index (χ1) is 5.79. The van der Waals surface area contributed by atoms with E-state index in [-0.39, 0.29) is 0 Å². The molecule has 2 rings (SSSR count). The van der Waals surface area contributed by atoms with Gasteiger partial charge in [-0.25, -0.2) is 0 Å². The van der Waals surface area contributed by atoms with Crippen LogP contribution in [0.25, 0.3) is 0 Å². The van der Waals surface area contributed by atoms with Crippen molar-refractivity contribution in [1.29, 1.82) is 0 Å². The van der Waals surface area contributed by atoms with Gasteiger partial charge in [0.05, 0.1) is 5.02 Å². The molecular weight excluding hydrogens is 237 g/mol. The molecule has 1 nitrogen and oxygen atoms in total. The maximum atomic E-state index is 6.12. The summed E-state index contributed by atoms with van der Waals surface area (Å²) in [5, 5.41) is 4.16. The molecule has 1 aliphatic rings. The molecule has 0 unspecified atom stereocenters. The van der Waals surface area contributed by atoms with Crippen molar-refractivity contribution in [3.05, 3.63) is 32.8 Å². The quantitative estimate of drug-likeness (QED) is 0.742. The topological polar surface area (TPSA) is 12.0 Å². The molecule has 1 aromatic rings. The lowest BCUT2D eigenvalue weighted by Crippen LogP contribution is -2.23. The van der Waals surface area contributed by atoms with Gasteiger partial charge in [-0.2, -0.15) is 0 Å². The molecule has 0 fully saturated rings. The van der Waals surface area contributed by atoms with E-state index in [4.69, 9.17) is 11.6 Å². The minimum Gasteiger partial charge on any atom is -0.312 e. The van der Waals surface area contributed by atoms with Crippen LogP contribution in [0.5, 0.6) is 0 Å². The number of fused-ring (bicyclic) bond motifs is 1. The van der Waals surface area contributed by atoms with Gasteiger partial charge >= 0.3 is 0 Å². The van der Waals surface area contributed by atoms with Crippen LogP contribution in [0.2, 0.25) is 5.02 Å². The number of hydrogen-bond acceptors (Lipinski definition) is 1. The molecule has 1 aliphatic heterocycles. The van der Waals surface area contributed by atoms with E-state index in [1.54, 1.807) is 0 Å². The molecule has 0 saturated heterocycles. The van der Waals surface area contributed by atoms with E-state index in [9.17, 15) is 0 Å². The van der Waals surface area contributed by atoms with Crippen molar-refractivity contribution in [1.82, 2.24) is 5.32 Å². The summed E-state index contributed by atoms with van der Waals surface area (Å²) in [6, 6.07) is 4.17. The molecule has 0 saturated carbocycles. The predicted molar refractivity (Wildman–Crippen MR) is 54.6 cm³/mol. The molecule has 1 aromatic carbocycles. The van der Waals surface area contributed by atoms with Gasteiger partial charge in [-0.05, 0) is 46.1 Å². The van der Waals surface area contributed by atoms with E-state index < -0.39 is 0 Å². The lowest BCUT2D eigenvalue weighted by atomic mass is 10.0. The maximum absolute atomic E-state index is 6.12. The summed E-state index contributed by atoms with van der Waals surface area (Å²) in [4.78, 5) is 0. The summed E-state index contributed by atoms with van der Waals surface area (Å²) in [7, 11) is 0. The Hall–Kier alpha value is -0.0500. The van der Waals surface area contributed by atoms with E-state index in [1.807, 2.05) is 6.07 Å². The SMILES string of the molecule is Clc1c(Br)ccc2c1CNCC2. The number of rotatable bonds is 0. The highest BCUT2D eigenvalue weighted by molar-refractivity contribution is 9.10. The average molecular weight is 247 g/mol. The molecule has 0 amide bonds. The molecule has 0 radical (unpaired) electrons. The van der Waals surface area contributed by atoms with E-state index in [0.29, 0.717) is 0 Å². The molecule has 0 aliphatic carbocycles. The monoisotopic (exact) mass is 245 g/mol. The number of hydrogen-bond donors (Lipinski definition) is 1. The van der Waals surface area contributed by atoms with Crippen LogP contribution in [0.1, 0.15) is 11.1 Å². The zero-order chi connectivity index (χ0) is 8.55. The number of nitrogens with one attached hydrogen (secondary N) is 1. The van der Waals surface area contributed by atoms with Crippen molar-refractivity contribution in [2.24, 2.45) is 0 Å². The fourth-order valence-electron chi connectivity index (χ4n) is 1.49. The fourth-order valence-corrected chi connectivity index (χ4v) is 2.12. The van der Waals surface area contributed by atoms with Gasteiger partial charge in [0, 0.05) is 11.0 Å². The Morgan fingerprint density at radius 3 is 3.08 bits per heavy atom. The third kappa shape index (κ3) is 1.39. The Kier molecular flexibility index (Phi) is 2.40. The van der Waals surface area contributed by atoms with Crippen molar-refractivity contribution >= 4 is 27.5 Å². The molecule has 12 heavy (non-hydrogen) atoms. The minimum atomic E-state index is 0.861. The molecule has 3 heteroatoms. The minimum absolute atomic E-state index is 0.861. The third-order valence-corrected chi connectivity index (χ3v) is 3.49. The molecule has 0 atom stereocenters. The highest BCUT2D eigenvalue weighted by Crippen LogP contribution is 2.30. The predicted octanol–water partition coefficient (Wildman–Crippen LogP) is 2.75. The van der Waals surface area contributed by atoms with Gasteiger partial charge in [0.1, 0.15) is 0 Å². The molecule has 1 heterocycles. The van der Waals surface area contributed by atoms with Crippen LogP contribution >= 0.6 is 27.5 Å². The zero-order valence-electron chi connectivity index (χ0n) is 6.53. The van der Waals surface area contributed by atoms with Crippen molar-refractivity contribution in [2.75, 3.05) is 6.54 Å². The van der Waals surface area contributed by atoms with Gasteiger partial charge in [0.25, 0.3) is 0 Å². The largest absolute Gasteiger partial charge is 0.312 e. The summed E-state index contributed by atoms with van der Waals surface area (Å²) < 4.78 is 0.992. The Morgan fingerprint density at radius 1 is 1.42 bits per heavy atom. The van der Waals surface area contributed by atoms with Crippen LogP contribution in [-0.2, 0) is 13.0 Å². The second kappa shape index (κ2) is 3.36. The van der Waals surface area contributed by atoms with Crippen LogP contribution in [0, 0.1) is 0 Å². The van der Waals surface area contributed by atoms with Gasteiger partial charge in [-0.3, -0.25) is 0 Å². The maximum Gasteiger partial charge on any atom is 0.0595 e. The molecule has 64 valence electrons. The van der Waals surface area contributed by atoms with Crippen LogP contribution in [0.3, 0.4) is 0 Å². The first kappa shape index (κ1) is 8.54. The third-order valence-electron chi connectivity index (χ3n) is 2.17. The Bertz CT molecular complexity index is 312. The van der Waals surface area contributed by atoms with Gasteiger partial charge in [0.2, 0.25) is 0 Å². The normalized spacial score (nSPS) is 15.8. The summed E-state index contributed by atoms with van der Waals surface area (Å²) >= 11 is 9.54. The second-order valence-corrected chi connectivity index (χ2v) is 4.16. The fraction of sp³-hybridized carbons (Fsp3) is 0.333. The molecule has 1 N–H and O–H groups in total. The average Bonchev–Trinajstić information content (AvgIpc) is 2.12. The van der Waals surface area contributed by atoms with E-state index in [0.717, 1.165) is 29.0 Å². The summed E-state index contributed by atoms with van der Waals surface area (Å²) in [5.41, 5.74) is 2.62. The van der Waals surface area contributed by atoms with Crippen LogP contribution in [-0.4, -0.2) is 6.54 Å². The molecular formula is C9H9BrClN. The summed E-state index contributed by atoms with van der Waals surface area (Å²) in [5.74, 6) is 0. The van der Waals surface area contributed by atoms with Gasteiger partial charge in [-0.1, -0.05) is 17.7 Å². The highest BCUT2D eigenvalue weighted by atomic mass is 79.9. The van der Waals surface area contributed by atoms with Crippen LogP contribution in [0.4, 0.5) is 0 Å². The highest BCUT2D eigenvalue weighted by Gasteiger charge is 2.13. The van der Waals surface area contributed by atoms with Gasteiger partial charge < -0.3 is 5.32 Å². The van der Waals surface area contributed by atoms with Crippen LogP contribution < -0.4 is 5.32 Å². The lowest BCUT2D eigenvalue weighted by molar-refractivity contribution is 0.643. The Morgan fingerprint density at radius 2 is 2.25 bits per heavy atom. The number of benzene rings is 1. The smallest absolute Gasteiger partial charge is 0.0595 e. The van der Waals surface area contributed by atoms with Crippen molar-refractivity contribution < 1.29 is 0 Å². The zero-order valence-corrected chi connectivity index (χ0v) is 8.87. The Balaban J connectivity index is 2.54. The van der Waals surface area contributed by atoms with E-state index in [2.05, 4.69) is 27.3 Å². The standard InChI is InChI=1S/C9H9BrClN/c10-8-2-1-6-3-4-12-5-7(6)9(8)11/h1-2,12H,3-5H2. The number of halogens is 2. The van der Waals surface area contributed by atoms with Crippen molar-refractivity contribution in [2.45, 2.75) is 13.0 Å². The van der Waals surface area contributed by atoms with Crippen LogP contribution in [0.15, 0.2) is 16.6 Å². The second-order valence-electron chi connectivity index (χ2n) is 2.93. The molecule has 0 spiro atoms. The summed E-state index contributed by atoms with van der Waals surface area (Å²) in [6.45, 7) is 1.96. The van der Waals surface area contributed by atoms with Gasteiger partial charge in [-0.15, -0.1) is 0 Å². The Labute approximate surface area is 85.2 Å². The first-order valence-electron chi connectivity index (χ1n) is 3.95.